The zero-order valence-electron chi connectivity index (χ0n) is 5.91. The van der Waals surface area contributed by atoms with Gasteiger partial charge < -0.3 is 0 Å². The second kappa shape index (κ2) is 7.08. The predicted octanol–water partition coefficient (Wildman–Crippen LogP) is 1.68. The van der Waals surface area contributed by atoms with E-state index in [9.17, 15) is 0 Å². The minimum absolute atomic E-state index is 0.834. The Morgan fingerprint density at radius 3 is 2.78 bits per heavy atom. The number of hydrogen-bond donors (Lipinski definition) is 0. The highest BCUT2D eigenvalue weighted by molar-refractivity contribution is 5.71. The van der Waals surface area contributed by atoms with Crippen LogP contribution < -0.4 is 0 Å². The molecule has 50 valence electrons. The van der Waals surface area contributed by atoms with Crippen LogP contribution >= 0.6 is 0 Å². The van der Waals surface area contributed by atoms with Gasteiger partial charge in [0, 0.05) is 25.2 Å². The average molecular weight is 124 g/mol. The van der Waals surface area contributed by atoms with Gasteiger partial charge in [-0.3, -0.25) is 9.98 Å². The standard InChI is InChI=1S/C7H12N2/c1-3-8-6-5-7-9-4-2/h3,5-7H,4H2,1-2H3/b6-5-,8-3+,9-7-. The van der Waals surface area contributed by atoms with Gasteiger partial charge in [0.15, 0.2) is 0 Å². The molecule has 0 aromatic rings. The molecular weight excluding hydrogens is 112 g/mol. The molecule has 0 saturated heterocycles. The predicted molar refractivity (Wildman–Crippen MR) is 42.3 cm³/mol. The van der Waals surface area contributed by atoms with E-state index in [1.807, 2.05) is 19.9 Å². The van der Waals surface area contributed by atoms with E-state index in [0.717, 1.165) is 6.54 Å². The summed E-state index contributed by atoms with van der Waals surface area (Å²) in [4.78, 5) is 7.80. The molecule has 0 aromatic carbocycles. The summed E-state index contributed by atoms with van der Waals surface area (Å²) in [6.07, 6.45) is 6.99. The highest BCUT2D eigenvalue weighted by Gasteiger charge is 1.60. The molecule has 0 heterocycles. The lowest BCUT2D eigenvalue weighted by Crippen LogP contribution is -1.67. The van der Waals surface area contributed by atoms with Crippen LogP contribution in [0.4, 0.5) is 0 Å². The Balaban J connectivity index is 3.35. The number of nitrogens with zero attached hydrogens (tertiary/aromatic N) is 2. The molecule has 0 N–H and O–H groups in total. The summed E-state index contributed by atoms with van der Waals surface area (Å²) < 4.78 is 0. The Hall–Kier alpha value is -0.920. The van der Waals surface area contributed by atoms with E-state index in [4.69, 9.17) is 0 Å². The van der Waals surface area contributed by atoms with E-state index in [2.05, 4.69) is 9.98 Å². The monoisotopic (exact) mass is 124 g/mol. The maximum Gasteiger partial charge on any atom is 0.0360 e. The summed E-state index contributed by atoms with van der Waals surface area (Å²) >= 11 is 0. The van der Waals surface area contributed by atoms with Crippen molar-refractivity contribution in [1.82, 2.24) is 0 Å². The lowest BCUT2D eigenvalue weighted by molar-refractivity contribution is 1.14. The van der Waals surface area contributed by atoms with Crippen molar-refractivity contribution in [3.63, 3.8) is 0 Å². The van der Waals surface area contributed by atoms with Crippen molar-refractivity contribution in [2.75, 3.05) is 6.54 Å². The largest absolute Gasteiger partial charge is 0.293 e. The molecule has 0 saturated carbocycles. The zero-order valence-corrected chi connectivity index (χ0v) is 5.91. The molecule has 9 heavy (non-hydrogen) atoms. The van der Waals surface area contributed by atoms with Crippen LogP contribution in [-0.2, 0) is 0 Å². The van der Waals surface area contributed by atoms with E-state index in [-0.39, 0.29) is 0 Å². The van der Waals surface area contributed by atoms with Crippen molar-refractivity contribution in [2.45, 2.75) is 13.8 Å². The van der Waals surface area contributed by atoms with Crippen molar-refractivity contribution in [3.05, 3.63) is 12.3 Å². The van der Waals surface area contributed by atoms with Gasteiger partial charge in [0.2, 0.25) is 0 Å². The highest BCUT2D eigenvalue weighted by Crippen LogP contribution is 1.70. The zero-order chi connectivity index (χ0) is 6.95. The van der Waals surface area contributed by atoms with Crippen LogP contribution in [0.1, 0.15) is 13.8 Å². The van der Waals surface area contributed by atoms with Crippen LogP contribution in [0.25, 0.3) is 0 Å². The second-order valence-electron chi connectivity index (χ2n) is 1.40. The number of aliphatic imine (C=N–C) groups is 2. The fourth-order valence-corrected chi connectivity index (χ4v) is 0.341. The molecule has 0 aliphatic carbocycles. The average Bonchev–Trinajstić information content (AvgIpc) is 1.89. The van der Waals surface area contributed by atoms with Gasteiger partial charge in [-0.25, -0.2) is 0 Å². The van der Waals surface area contributed by atoms with Crippen molar-refractivity contribution >= 4 is 12.4 Å². The smallest absolute Gasteiger partial charge is 0.0360 e. The van der Waals surface area contributed by atoms with Crippen molar-refractivity contribution in [1.29, 1.82) is 0 Å². The third-order valence-electron chi connectivity index (χ3n) is 0.695. The lowest BCUT2D eigenvalue weighted by atomic mass is 10.6. The van der Waals surface area contributed by atoms with Gasteiger partial charge >= 0.3 is 0 Å². The van der Waals surface area contributed by atoms with Crippen molar-refractivity contribution in [2.24, 2.45) is 9.98 Å². The Bertz CT molecular complexity index is 123. The first-order chi connectivity index (χ1) is 4.41. The Kier molecular flexibility index (Phi) is 6.36. The molecule has 0 aliphatic rings. The SMILES string of the molecule is C/C=N/C=C\C=N/CC. The fraction of sp³-hybridized carbons (Fsp3) is 0.429. The summed E-state index contributed by atoms with van der Waals surface area (Å²) in [5, 5.41) is 0. The molecule has 0 atom stereocenters. The Labute approximate surface area is 56.0 Å². The summed E-state index contributed by atoms with van der Waals surface area (Å²) in [7, 11) is 0. The molecule has 0 aliphatic heterocycles. The van der Waals surface area contributed by atoms with Crippen molar-refractivity contribution < 1.29 is 0 Å². The molecule has 0 rings (SSSR count). The van der Waals surface area contributed by atoms with Gasteiger partial charge in [-0.15, -0.1) is 0 Å². The Morgan fingerprint density at radius 2 is 2.22 bits per heavy atom. The Morgan fingerprint density at radius 1 is 1.44 bits per heavy atom. The summed E-state index contributed by atoms with van der Waals surface area (Å²) in [5.41, 5.74) is 0. The summed E-state index contributed by atoms with van der Waals surface area (Å²) in [6.45, 7) is 4.70. The lowest BCUT2D eigenvalue weighted by Gasteiger charge is -1.74. The molecule has 0 unspecified atom stereocenters. The molecule has 0 amide bonds. The molecule has 0 aromatic heterocycles. The fourth-order valence-electron chi connectivity index (χ4n) is 0.341. The van der Waals surface area contributed by atoms with Crippen LogP contribution in [0, 0.1) is 0 Å². The topological polar surface area (TPSA) is 24.7 Å². The molecule has 0 bridgehead atoms. The van der Waals surface area contributed by atoms with Gasteiger partial charge in [0.25, 0.3) is 0 Å². The summed E-state index contributed by atoms with van der Waals surface area (Å²) in [5.74, 6) is 0. The highest BCUT2D eigenvalue weighted by atomic mass is 14.7. The molecule has 2 heteroatoms. The van der Waals surface area contributed by atoms with Crippen LogP contribution in [0.5, 0.6) is 0 Å². The third kappa shape index (κ3) is 7.08. The maximum absolute atomic E-state index is 3.96. The van der Waals surface area contributed by atoms with Crippen LogP contribution in [0.15, 0.2) is 22.3 Å². The van der Waals surface area contributed by atoms with Gasteiger partial charge in [-0.2, -0.15) is 0 Å². The number of hydrogen-bond acceptors (Lipinski definition) is 2. The van der Waals surface area contributed by atoms with Gasteiger partial charge in [-0.1, -0.05) is 0 Å². The first-order valence-corrected chi connectivity index (χ1v) is 3.04. The third-order valence-corrected chi connectivity index (χ3v) is 0.695. The van der Waals surface area contributed by atoms with Crippen molar-refractivity contribution in [3.8, 4) is 0 Å². The van der Waals surface area contributed by atoms with E-state index >= 15 is 0 Å². The maximum atomic E-state index is 3.96. The van der Waals surface area contributed by atoms with E-state index in [0.29, 0.717) is 0 Å². The minimum atomic E-state index is 0.834. The van der Waals surface area contributed by atoms with Gasteiger partial charge in [0.1, 0.15) is 0 Å². The normalized spacial score (nSPS) is 12.7. The van der Waals surface area contributed by atoms with E-state index in [1.54, 1.807) is 18.6 Å². The van der Waals surface area contributed by atoms with Crippen LogP contribution in [0.2, 0.25) is 0 Å². The molecular formula is C7H12N2. The number of allylic oxidation sites excluding steroid dienone is 1. The minimum Gasteiger partial charge on any atom is -0.293 e. The number of rotatable bonds is 3. The van der Waals surface area contributed by atoms with Crippen LogP contribution in [-0.4, -0.2) is 19.0 Å². The quantitative estimate of drug-likeness (QED) is 0.511. The molecule has 0 fully saturated rings. The van der Waals surface area contributed by atoms with Gasteiger partial charge in [0.05, 0.1) is 0 Å². The van der Waals surface area contributed by atoms with E-state index < -0.39 is 0 Å². The van der Waals surface area contributed by atoms with Gasteiger partial charge in [-0.05, 0) is 19.9 Å². The molecule has 0 spiro atoms. The molecule has 2 nitrogen and oxygen atoms in total. The molecule has 0 radical (unpaired) electrons. The summed E-state index contributed by atoms with van der Waals surface area (Å²) in [6, 6.07) is 0. The van der Waals surface area contributed by atoms with E-state index in [1.165, 1.54) is 0 Å². The van der Waals surface area contributed by atoms with Crippen LogP contribution in [0.3, 0.4) is 0 Å². The second-order valence-corrected chi connectivity index (χ2v) is 1.40. The first-order valence-electron chi connectivity index (χ1n) is 3.04. The first kappa shape index (κ1) is 8.08.